The van der Waals surface area contributed by atoms with Crippen molar-refractivity contribution < 1.29 is 19.2 Å². The van der Waals surface area contributed by atoms with Gasteiger partial charge in [-0.3, -0.25) is 24.1 Å². The Balaban J connectivity index is 1.62. The summed E-state index contributed by atoms with van der Waals surface area (Å²) >= 11 is 0.629. The number of nitrogens with zero attached hydrogens (tertiary/aromatic N) is 1. The summed E-state index contributed by atoms with van der Waals surface area (Å²) in [4.78, 5) is 49.5. The normalized spacial score (nSPS) is 15.0. The van der Waals surface area contributed by atoms with Crippen LogP contribution in [-0.2, 0) is 14.4 Å². The molecule has 0 unspecified atom stereocenters. The third-order valence-corrected chi connectivity index (χ3v) is 4.69. The Morgan fingerprint density at radius 3 is 2.43 bits per heavy atom. The van der Waals surface area contributed by atoms with Crippen LogP contribution in [0.25, 0.3) is 0 Å². The van der Waals surface area contributed by atoms with E-state index in [1.165, 1.54) is 0 Å². The highest BCUT2D eigenvalue weighted by atomic mass is 32.2. The lowest BCUT2D eigenvalue weighted by Crippen LogP contribution is -2.36. The molecule has 1 aliphatic rings. The molecule has 0 saturated carbocycles. The lowest BCUT2D eigenvalue weighted by molar-refractivity contribution is -0.127. The molecule has 0 aromatic heterocycles. The number of anilines is 2. The van der Waals surface area contributed by atoms with Crippen molar-refractivity contribution in [2.45, 2.75) is 6.92 Å². The summed E-state index contributed by atoms with van der Waals surface area (Å²) < 4.78 is 0. The van der Waals surface area contributed by atoms with Gasteiger partial charge >= 0.3 is 0 Å². The van der Waals surface area contributed by atoms with Gasteiger partial charge in [0.05, 0.1) is 4.91 Å². The van der Waals surface area contributed by atoms with Crippen molar-refractivity contribution >= 4 is 46.1 Å². The number of rotatable bonds is 5. The van der Waals surface area contributed by atoms with E-state index in [1.54, 1.807) is 42.5 Å². The van der Waals surface area contributed by atoms with Gasteiger partial charge in [0, 0.05) is 17.5 Å². The molecule has 142 valence electrons. The van der Waals surface area contributed by atoms with Crippen LogP contribution in [0.1, 0.15) is 5.56 Å². The second kappa shape index (κ2) is 8.53. The van der Waals surface area contributed by atoms with Gasteiger partial charge in [0.1, 0.15) is 6.54 Å². The Morgan fingerprint density at radius 1 is 1.00 bits per heavy atom. The number of aryl methyl sites for hydroxylation is 1. The van der Waals surface area contributed by atoms with Crippen LogP contribution in [0.4, 0.5) is 16.2 Å². The van der Waals surface area contributed by atoms with Crippen molar-refractivity contribution in [3.63, 3.8) is 0 Å². The van der Waals surface area contributed by atoms with Gasteiger partial charge in [0.2, 0.25) is 11.8 Å². The van der Waals surface area contributed by atoms with E-state index in [2.05, 4.69) is 10.6 Å². The summed E-state index contributed by atoms with van der Waals surface area (Å²) in [5.74, 6) is -1.69. The number of hydrogen-bond donors (Lipinski definition) is 2. The van der Waals surface area contributed by atoms with Gasteiger partial charge in [0.25, 0.3) is 11.1 Å². The Bertz CT molecular complexity index is 972. The fraction of sp³-hybridized carbons (Fsp3) is 0.100. The van der Waals surface area contributed by atoms with Crippen molar-refractivity contribution in [1.82, 2.24) is 4.90 Å². The molecule has 28 heavy (non-hydrogen) atoms. The van der Waals surface area contributed by atoms with E-state index in [-0.39, 0.29) is 4.91 Å². The van der Waals surface area contributed by atoms with Crippen LogP contribution in [0.15, 0.2) is 65.6 Å². The predicted octanol–water partition coefficient (Wildman–Crippen LogP) is 3.15. The number of benzene rings is 2. The maximum atomic E-state index is 12.4. The molecular formula is C20H17N3O4S. The minimum Gasteiger partial charge on any atom is -0.325 e. The topological polar surface area (TPSA) is 95.6 Å². The minimum atomic E-state index is -0.669. The third-order valence-electron chi connectivity index (χ3n) is 3.78. The molecule has 3 rings (SSSR count). The highest BCUT2D eigenvalue weighted by Gasteiger charge is 2.36. The van der Waals surface area contributed by atoms with Crippen molar-refractivity contribution in [3.05, 3.63) is 71.1 Å². The summed E-state index contributed by atoms with van der Waals surface area (Å²) in [6.45, 7) is 1.47. The molecule has 0 radical (unpaired) electrons. The van der Waals surface area contributed by atoms with E-state index in [0.717, 1.165) is 16.5 Å². The summed E-state index contributed by atoms with van der Waals surface area (Å²) in [6.07, 6.45) is 1.07. The molecule has 1 heterocycles. The first-order valence-corrected chi connectivity index (χ1v) is 9.22. The molecule has 2 aromatic rings. The lowest BCUT2D eigenvalue weighted by atomic mass is 10.2. The van der Waals surface area contributed by atoms with Crippen LogP contribution in [-0.4, -0.2) is 34.4 Å². The Labute approximate surface area is 165 Å². The molecule has 0 aliphatic carbocycles. The van der Waals surface area contributed by atoms with E-state index in [4.69, 9.17) is 0 Å². The van der Waals surface area contributed by atoms with Gasteiger partial charge in [-0.2, -0.15) is 0 Å². The molecule has 0 spiro atoms. The number of carbonyl (C=O) groups excluding carboxylic acids is 4. The van der Waals surface area contributed by atoms with Crippen LogP contribution in [0.3, 0.4) is 0 Å². The first kappa shape index (κ1) is 19.4. The average molecular weight is 395 g/mol. The lowest BCUT2D eigenvalue weighted by Gasteiger charge is -2.12. The fourth-order valence-electron chi connectivity index (χ4n) is 2.52. The van der Waals surface area contributed by atoms with Gasteiger partial charge in [-0.25, -0.2) is 0 Å². The van der Waals surface area contributed by atoms with Crippen LogP contribution >= 0.6 is 11.8 Å². The van der Waals surface area contributed by atoms with Crippen molar-refractivity contribution in [2.24, 2.45) is 0 Å². The van der Waals surface area contributed by atoms with Gasteiger partial charge < -0.3 is 10.6 Å². The monoisotopic (exact) mass is 395 g/mol. The highest BCUT2D eigenvalue weighted by Crippen LogP contribution is 2.30. The number of para-hydroxylation sites is 1. The van der Waals surface area contributed by atoms with E-state index in [0.29, 0.717) is 23.1 Å². The van der Waals surface area contributed by atoms with E-state index in [1.807, 2.05) is 19.1 Å². The van der Waals surface area contributed by atoms with Crippen molar-refractivity contribution in [2.75, 3.05) is 17.2 Å². The Kier molecular flexibility index (Phi) is 5.90. The van der Waals surface area contributed by atoms with Crippen LogP contribution in [0.2, 0.25) is 0 Å². The molecule has 4 amide bonds. The smallest absolute Gasteiger partial charge is 0.294 e. The molecule has 2 N–H and O–H groups in total. The molecule has 7 nitrogen and oxygen atoms in total. The van der Waals surface area contributed by atoms with Crippen molar-refractivity contribution in [3.8, 4) is 0 Å². The van der Waals surface area contributed by atoms with Gasteiger partial charge in [-0.1, -0.05) is 30.3 Å². The Morgan fingerprint density at radius 2 is 1.71 bits per heavy atom. The predicted molar refractivity (Wildman–Crippen MR) is 108 cm³/mol. The van der Waals surface area contributed by atoms with Gasteiger partial charge in [0.15, 0.2) is 0 Å². The highest BCUT2D eigenvalue weighted by molar-refractivity contribution is 8.18. The Hall–Kier alpha value is -3.39. The maximum Gasteiger partial charge on any atom is 0.294 e. The fourth-order valence-corrected chi connectivity index (χ4v) is 3.33. The second-order valence-corrected chi connectivity index (χ2v) is 7.03. The van der Waals surface area contributed by atoms with Gasteiger partial charge in [-0.15, -0.1) is 0 Å². The summed E-state index contributed by atoms with van der Waals surface area (Å²) in [5.41, 5.74) is 2.12. The van der Waals surface area contributed by atoms with E-state index >= 15 is 0 Å². The number of nitrogens with one attached hydrogen (secondary N) is 2. The van der Waals surface area contributed by atoms with E-state index < -0.39 is 29.5 Å². The summed E-state index contributed by atoms with van der Waals surface area (Å²) in [7, 11) is 0. The SMILES string of the molecule is Cc1cccc(NC(=O)CN2C(=O)S/C(=C\C(=O)Nc3ccccc3)C2=O)c1. The zero-order valence-electron chi connectivity index (χ0n) is 15.0. The second-order valence-electron chi connectivity index (χ2n) is 6.04. The number of thioether (sulfide) groups is 1. The maximum absolute atomic E-state index is 12.4. The zero-order chi connectivity index (χ0) is 20.1. The summed E-state index contributed by atoms with van der Waals surface area (Å²) in [5, 5.41) is 4.66. The third kappa shape index (κ3) is 4.86. The van der Waals surface area contributed by atoms with Crippen LogP contribution < -0.4 is 10.6 Å². The number of imide groups is 1. The van der Waals surface area contributed by atoms with Gasteiger partial charge in [-0.05, 0) is 48.5 Å². The van der Waals surface area contributed by atoms with E-state index in [9.17, 15) is 19.2 Å². The molecular weight excluding hydrogens is 378 g/mol. The van der Waals surface area contributed by atoms with Crippen LogP contribution in [0.5, 0.6) is 0 Å². The quantitative estimate of drug-likeness (QED) is 0.759. The number of carbonyl (C=O) groups is 4. The zero-order valence-corrected chi connectivity index (χ0v) is 15.8. The summed E-state index contributed by atoms with van der Waals surface area (Å²) in [6, 6.07) is 15.9. The number of amides is 4. The van der Waals surface area contributed by atoms with Crippen molar-refractivity contribution in [1.29, 1.82) is 0 Å². The minimum absolute atomic E-state index is 0.0261. The van der Waals surface area contributed by atoms with Crippen LogP contribution in [0, 0.1) is 6.92 Å². The first-order valence-electron chi connectivity index (χ1n) is 8.40. The first-order chi connectivity index (χ1) is 13.4. The molecule has 0 atom stereocenters. The standard InChI is InChI=1S/C20H17N3O4S/c1-13-6-5-9-15(10-13)22-18(25)12-23-19(26)16(28-20(23)27)11-17(24)21-14-7-3-2-4-8-14/h2-11H,12H2,1H3,(H,21,24)(H,22,25)/b16-11-. The molecule has 1 fully saturated rings. The largest absolute Gasteiger partial charge is 0.325 e. The molecule has 8 heteroatoms. The molecule has 1 saturated heterocycles. The molecule has 1 aliphatic heterocycles. The molecule has 2 aromatic carbocycles. The average Bonchev–Trinajstić information content (AvgIpc) is 2.90. The molecule has 0 bridgehead atoms. The number of hydrogen-bond acceptors (Lipinski definition) is 5.